The zero-order valence-electron chi connectivity index (χ0n) is 12.7. The zero-order valence-corrected chi connectivity index (χ0v) is 12.7. The van der Waals surface area contributed by atoms with Gasteiger partial charge in [0.2, 0.25) is 0 Å². The lowest BCUT2D eigenvalue weighted by molar-refractivity contribution is -0.137. The van der Waals surface area contributed by atoms with E-state index in [9.17, 15) is 9.59 Å². The molecule has 1 amide bonds. The Morgan fingerprint density at radius 2 is 1.95 bits per heavy atom. The SMILES string of the molecule is Cc1ccccc1C(CC(=O)O)NC(=O)c1c(C)noc1C. The minimum Gasteiger partial charge on any atom is -0.481 e. The number of carboxylic acids is 1. The van der Waals surface area contributed by atoms with E-state index in [-0.39, 0.29) is 12.3 Å². The fourth-order valence-electron chi connectivity index (χ4n) is 2.43. The van der Waals surface area contributed by atoms with E-state index in [0.29, 0.717) is 17.0 Å². The van der Waals surface area contributed by atoms with Crippen LogP contribution in [0.1, 0.15) is 45.4 Å². The highest BCUT2D eigenvalue weighted by Gasteiger charge is 2.24. The molecule has 0 aliphatic rings. The molecule has 2 N–H and O–H groups in total. The van der Waals surface area contributed by atoms with Crippen molar-refractivity contribution < 1.29 is 19.2 Å². The van der Waals surface area contributed by atoms with Crippen LogP contribution in [0.3, 0.4) is 0 Å². The number of carbonyl (C=O) groups is 2. The summed E-state index contributed by atoms with van der Waals surface area (Å²) in [5.41, 5.74) is 2.54. The molecule has 0 fully saturated rings. The summed E-state index contributed by atoms with van der Waals surface area (Å²) in [6.07, 6.45) is -0.194. The minimum absolute atomic E-state index is 0.194. The van der Waals surface area contributed by atoms with Gasteiger partial charge < -0.3 is 14.9 Å². The first-order valence-corrected chi connectivity index (χ1v) is 6.91. The molecule has 6 heteroatoms. The van der Waals surface area contributed by atoms with Gasteiger partial charge in [0.15, 0.2) is 0 Å². The van der Waals surface area contributed by atoms with Crippen molar-refractivity contribution in [3.8, 4) is 0 Å². The molecule has 1 aromatic carbocycles. The van der Waals surface area contributed by atoms with E-state index in [1.54, 1.807) is 13.8 Å². The van der Waals surface area contributed by atoms with Crippen molar-refractivity contribution in [1.29, 1.82) is 0 Å². The maximum atomic E-state index is 12.4. The molecule has 1 aromatic heterocycles. The number of hydrogen-bond acceptors (Lipinski definition) is 4. The molecule has 6 nitrogen and oxygen atoms in total. The lowest BCUT2D eigenvalue weighted by atomic mass is 9.98. The molecule has 0 aliphatic heterocycles. The second-order valence-electron chi connectivity index (χ2n) is 5.18. The van der Waals surface area contributed by atoms with E-state index in [1.807, 2.05) is 31.2 Å². The summed E-state index contributed by atoms with van der Waals surface area (Å²) in [6.45, 7) is 5.20. The maximum absolute atomic E-state index is 12.4. The third-order valence-corrected chi connectivity index (χ3v) is 3.51. The predicted molar refractivity (Wildman–Crippen MR) is 79.6 cm³/mol. The number of nitrogens with zero attached hydrogens (tertiary/aromatic N) is 1. The maximum Gasteiger partial charge on any atom is 0.305 e. The van der Waals surface area contributed by atoms with Crippen LogP contribution in [-0.4, -0.2) is 22.1 Å². The van der Waals surface area contributed by atoms with Gasteiger partial charge in [-0.2, -0.15) is 0 Å². The molecular weight excluding hydrogens is 284 g/mol. The van der Waals surface area contributed by atoms with E-state index < -0.39 is 12.0 Å². The molecule has 0 spiro atoms. The van der Waals surface area contributed by atoms with Crippen molar-refractivity contribution in [2.24, 2.45) is 0 Å². The van der Waals surface area contributed by atoms with Crippen LogP contribution < -0.4 is 5.32 Å². The molecule has 0 saturated heterocycles. The molecule has 22 heavy (non-hydrogen) atoms. The lowest BCUT2D eigenvalue weighted by Gasteiger charge is -2.19. The van der Waals surface area contributed by atoms with Gasteiger partial charge in [-0.15, -0.1) is 0 Å². The molecule has 2 rings (SSSR count). The zero-order chi connectivity index (χ0) is 16.3. The van der Waals surface area contributed by atoms with Crippen LogP contribution in [0.5, 0.6) is 0 Å². The second kappa shape index (κ2) is 6.43. The topological polar surface area (TPSA) is 92.4 Å². The van der Waals surface area contributed by atoms with Gasteiger partial charge in [-0.3, -0.25) is 9.59 Å². The number of hydrogen-bond donors (Lipinski definition) is 2. The standard InChI is InChI=1S/C16H18N2O4/c1-9-6-4-5-7-12(9)13(8-14(19)20)17-16(21)15-10(2)18-22-11(15)3/h4-7,13H,8H2,1-3H3,(H,17,21)(H,19,20). The van der Waals surface area contributed by atoms with Gasteiger partial charge >= 0.3 is 5.97 Å². The first-order valence-electron chi connectivity index (χ1n) is 6.91. The van der Waals surface area contributed by atoms with Crippen molar-refractivity contribution in [2.45, 2.75) is 33.2 Å². The Kier molecular flexibility index (Phi) is 4.60. The fraction of sp³-hybridized carbons (Fsp3) is 0.312. The van der Waals surface area contributed by atoms with Gasteiger partial charge in [0.25, 0.3) is 5.91 Å². The molecule has 116 valence electrons. The Hall–Kier alpha value is -2.63. The number of nitrogens with one attached hydrogen (secondary N) is 1. The third-order valence-electron chi connectivity index (χ3n) is 3.51. The van der Waals surface area contributed by atoms with Crippen molar-refractivity contribution in [3.63, 3.8) is 0 Å². The lowest BCUT2D eigenvalue weighted by Crippen LogP contribution is -2.31. The van der Waals surface area contributed by atoms with Crippen molar-refractivity contribution >= 4 is 11.9 Å². The average Bonchev–Trinajstić information content (AvgIpc) is 2.77. The Labute approximate surface area is 128 Å². The van der Waals surface area contributed by atoms with Crippen LogP contribution in [0.4, 0.5) is 0 Å². The summed E-state index contributed by atoms with van der Waals surface area (Å²) in [7, 11) is 0. The Balaban J connectivity index is 2.30. The first kappa shape index (κ1) is 15.8. The number of amides is 1. The number of benzene rings is 1. The van der Waals surface area contributed by atoms with Gasteiger partial charge in [-0.25, -0.2) is 0 Å². The van der Waals surface area contributed by atoms with E-state index in [2.05, 4.69) is 10.5 Å². The fourth-order valence-corrected chi connectivity index (χ4v) is 2.43. The highest BCUT2D eigenvalue weighted by molar-refractivity contribution is 5.96. The summed E-state index contributed by atoms with van der Waals surface area (Å²) >= 11 is 0. The molecule has 1 atom stereocenters. The summed E-state index contributed by atoms with van der Waals surface area (Å²) in [5, 5.41) is 15.6. The average molecular weight is 302 g/mol. The Bertz CT molecular complexity index is 686. The monoisotopic (exact) mass is 302 g/mol. The van der Waals surface area contributed by atoms with E-state index >= 15 is 0 Å². The van der Waals surface area contributed by atoms with E-state index in [0.717, 1.165) is 11.1 Å². The van der Waals surface area contributed by atoms with Gasteiger partial charge in [-0.05, 0) is 31.9 Å². The molecule has 1 heterocycles. The van der Waals surface area contributed by atoms with Crippen LogP contribution in [0.25, 0.3) is 0 Å². The first-order chi connectivity index (χ1) is 10.4. The summed E-state index contributed by atoms with van der Waals surface area (Å²) in [5.74, 6) is -0.952. The summed E-state index contributed by atoms with van der Waals surface area (Å²) < 4.78 is 4.98. The molecular formula is C16H18N2O4. The number of rotatable bonds is 5. The smallest absolute Gasteiger partial charge is 0.305 e. The second-order valence-corrected chi connectivity index (χ2v) is 5.18. The van der Waals surface area contributed by atoms with Crippen LogP contribution >= 0.6 is 0 Å². The molecule has 0 saturated carbocycles. The molecule has 1 unspecified atom stereocenters. The number of carbonyl (C=O) groups excluding carboxylic acids is 1. The van der Waals surface area contributed by atoms with Crippen molar-refractivity contribution in [1.82, 2.24) is 10.5 Å². The predicted octanol–water partition coefficient (Wildman–Crippen LogP) is 2.55. The van der Waals surface area contributed by atoms with E-state index in [4.69, 9.17) is 9.63 Å². The largest absolute Gasteiger partial charge is 0.481 e. The van der Waals surface area contributed by atoms with Gasteiger partial charge in [0, 0.05) is 0 Å². The minimum atomic E-state index is -0.979. The van der Waals surface area contributed by atoms with Crippen LogP contribution in [-0.2, 0) is 4.79 Å². The quantitative estimate of drug-likeness (QED) is 0.885. The van der Waals surface area contributed by atoms with Crippen LogP contribution in [0.15, 0.2) is 28.8 Å². The Morgan fingerprint density at radius 1 is 1.27 bits per heavy atom. The molecule has 0 bridgehead atoms. The number of aromatic nitrogens is 1. The summed E-state index contributed by atoms with van der Waals surface area (Å²) in [4.78, 5) is 23.5. The molecule has 2 aromatic rings. The van der Waals surface area contributed by atoms with Gasteiger partial charge in [0.05, 0.1) is 18.2 Å². The van der Waals surface area contributed by atoms with Crippen LogP contribution in [0, 0.1) is 20.8 Å². The molecule has 0 radical (unpaired) electrons. The summed E-state index contributed by atoms with van der Waals surface area (Å²) in [6, 6.07) is 6.77. The third kappa shape index (κ3) is 3.33. The van der Waals surface area contributed by atoms with Crippen molar-refractivity contribution in [3.05, 3.63) is 52.4 Å². The van der Waals surface area contributed by atoms with Crippen LogP contribution in [0.2, 0.25) is 0 Å². The number of aliphatic carboxylic acids is 1. The Morgan fingerprint density at radius 3 is 2.50 bits per heavy atom. The van der Waals surface area contributed by atoms with E-state index in [1.165, 1.54) is 0 Å². The van der Waals surface area contributed by atoms with Gasteiger partial charge in [0.1, 0.15) is 11.3 Å². The highest BCUT2D eigenvalue weighted by atomic mass is 16.5. The number of aryl methyl sites for hydroxylation is 3. The highest BCUT2D eigenvalue weighted by Crippen LogP contribution is 2.22. The van der Waals surface area contributed by atoms with Crippen molar-refractivity contribution in [2.75, 3.05) is 0 Å². The number of carboxylic acid groups (broad SMARTS) is 1. The van der Waals surface area contributed by atoms with Gasteiger partial charge in [-0.1, -0.05) is 29.4 Å². The normalized spacial score (nSPS) is 12.0. The molecule has 0 aliphatic carbocycles.